The number of ether oxygens (including phenoxy) is 1. The number of carbonyl (C=O) groups is 2. The molecule has 6 nitrogen and oxygen atoms in total. The summed E-state index contributed by atoms with van der Waals surface area (Å²) in [6.45, 7) is 0. The highest BCUT2D eigenvalue weighted by Crippen LogP contribution is 2.23. The first-order valence-electron chi connectivity index (χ1n) is 7.55. The predicted octanol–water partition coefficient (Wildman–Crippen LogP) is 3.26. The van der Waals surface area contributed by atoms with Crippen LogP contribution in [0.3, 0.4) is 0 Å². The van der Waals surface area contributed by atoms with Crippen molar-refractivity contribution in [1.82, 2.24) is 0 Å². The first-order chi connectivity index (χ1) is 12.1. The van der Waals surface area contributed by atoms with Crippen molar-refractivity contribution in [3.8, 4) is 0 Å². The van der Waals surface area contributed by atoms with Gasteiger partial charge in [0, 0.05) is 12.1 Å². The average Bonchev–Trinajstić information content (AvgIpc) is 3.14. The normalized spacial score (nSPS) is 15.9. The lowest BCUT2D eigenvalue weighted by atomic mass is 10.0. The van der Waals surface area contributed by atoms with Gasteiger partial charge in [-0.05, 0) is 23.8 Å². The zero-order chi connectivity index (χ0) is 17.8. The monoisotopic (exact) mass is 358 g/mol. The molecule has 0 radical (unpaired) electrons. The molecule has 0 spiro atoms. The van der Waals surface area contributed by atoms with Gasteiger partial charge in [-0.1, -0.05) is 47.1 Å². The van der Waals surface area contributed by atoms with E-state index in [1.165, 1.54) is 19.2 Å². The molecule has 0 aliphatic carbocycles. The second kappa shape index (κ2) is 7.36. The molecule has 2 aromatic carbocycles. The van der Waals surface area contributed by atoms with Crippen LogP contribution in [0.15, 0.2) is 53.7 Å². The lowest BCUT2D eigenvalue weighted by Crippen LogP contribution is -2.28. The van der Waals surface area contributed by atoms with Gasteiger partial charge in [0.1, 0.15) is 0 Å². The Balaban J connectivity index is 1.67. The summed E-state index contributed by atoms with van der Waals surface area (Å²) in [5, 5.41) is 6.93. The summed E-state index contributed by atoms with van der Waals surface area (Å²) in [5.41, 5.74) is 2.23. The second-order valence-electron chi connectivity index (χ2n) is 5.38. The van der Waals surface area contributed by atoms with Gasteiger partial charge in [-0.3, -0.25) is 4.79 Å². The molecule has 1 N–H and O–H groups in total. The van der Waals surface area contributed by atoms with Crippen LogP contribution in [0.2, 0.25) is 5.02 Å². The zero-order valence-corrected chi connectivity index (χ0v) is 14.1. The fourth-order valence-corrected chi connectivity index (χ4v) is 2.61. The van der Waals surface area contributed by atoms with Gasteiger partial charge in [-0.25, -0.2) is 4.79 Å². The average molecular weight is 359 g/mol. The number of methoxy groups -OCH3 is 1. The van der Waals surface area contributed by atoms with Crippen molar-refractivity contribution >= 4 is 34.9 Å². The van der Waals surface area contributed by atoms with E-state index >= 15 is 0 Å². The van der Waals surface area contributed by atoms with Crippen LogP contribution in [-0.4, -0.2) is 30.8 Å². The first kappa shape index (κ1) is 17.0. The minimum atomic E-state index is -0.729. The summed E-state index contributed by atoms with van der Waals surface area (Å²) >= 11 is 5.96. The summed E-state index contributed by atoms with van der Waals surface area (Å²) < 4.78 is 4.66. The maximum atomic E-state index is 12.4. The Morgan fingerprint density at radius 3 is 2.72 bits per heavy atom. The number of carbonyl (C=O) groups excluding carboxylic acids is 2. The highest BCUT2D eigenvalue weighted by molar-refractivity contribution is 6.33. The third-order valence-corrected chi connectivity index (χ3v) is 4.04. The number of benzene rings is 2. The Kier molecular flexibility index (Phi) is 5.00. The Morgan fingerprint density at radius 2 is 2.00 bits per heavy atom. The molecule has 2 aromatic rings. The largest absolute Gasteiger partial charge is 0.465 e. The highest BCUT2D eigenvalue weighted by atomic mass is 35.5. The number of nitrogens with one attached hydrogen (secondary N) is 1. The van der Waals surface area contributed by atoms with Crippen molar-refractivity contribution in [2.45, 2.75) is 12.5 Å². The molecular formula is C18H15ClN2O4. The van der Waals surface area contributed by atoms with E-state index < -0.39 is 12.1 Å². The summed E-state index contributed by atoms with van der Waals surface area (Å²) in [7, 11) is 1.26. The van der Waals surface area contributed by atoms with Crippen molar-refractivity contribution in [1.29, 1.82) is 0 Å². The summed E-state index contributed by atoms with van der Waals surface area (Å²) in [4.78, 5) is 29.3. The molecule has 1 aliphatic rings. The van der Waals surface area contributed by atoms with Crippen molar-refractivity contribution < 1.29 is 19.2 Å². The lowest BCUT2D eigenvalue weighted by molar-refractivity contribution is -0.125. The Bertz CT molecular complexity index is 836. The molecule has 7 heteroatoms. The Morgan fingerprint density at radius 1 is 1.24 bits per heavy atom. The highest BCUT2D eigenvalue weighted by Gasteiger charge is 2.29. The molecule has 128 valence electrons. The minimum absolute atomic E-state index is 0.176. The van der Waals surface area contributed by atoms with E-state index in [9.17, 15) is 9.59 Å². The van der Waals surface area contributed by atoms with Gasteiger partial charge in [-0.15, -0.1) is 0 Å². The molecule has 0 saturated carbocycles. The number of esters is 1. The van der Waals surface area contributed by atoms with E-state index in [-0.39, 0.29) is 16.5 Å². The smallest absolute Gasteiger partial charge is 0.339 e. The first-order valence-corrected chi connectivity index (χ1v) is 7.93. The molecule has 1 aliphatic heterocycles. The fraction of sp³-hybridized carbons (Fsp3) is 0.167. The molecule has 1 amide bonds. The van der Waals surface area contributed by atoms with Gasteiger partial charge in [0.15, 0.2) is 0 Å². The number of nitrogens with zero attached hydrogens (tertiary/aromatic N) is 1. The topological polar surface area (TPSA) is 77.0 Å². The summed E-state index contributed by atoms with van der Waals surface area (Å²) in [5.74, 6) is -0.930. The summed E-state index contributed by atoms with van der Waals surface area (Å²) in [6, 6.07) is 14.1. The summed E-state index contributed by atoms with van der Waals surface area (Å²) in [6.07, 6.45) is -0.361. The third kappa shape index (κ3) is 3.80. The van der Waals surface area contributed by atoms with Crippen LogP contribution in [-0.2, 0) is 14.4 Å². The van der Waals surface area contributed by atoms with E-state index in [1.54, 1.807) is 6.07 Å². The molecule has 1 heterocycles. The number of anilines is 1. The van der Waals surface area contributed by atoms with Gasteiger partial charge in [-0.2, -0.15) is 0 Å². The van der Waals surface area contributed by atoms with Crippen molar-refractivity contribution in [3.05, 3.63) is 64.7 Å². The van der Waals surface area contributed by atoms with Gasteiger partial charge in [0.2, 0.25) is 6.10 Å². The van der Waals surface area contributed by atoms with Gasteiger partial charge in [0.25, 0.3) is 5.91 Å². The number of halogens is 1. The van der Waals surface area contributed by atoms with E-state index in [4.69, 9.17) is 16.4 Å². The zero-order valence-electron chi connectivity index (χ0n) is 13.4. The van der Waals surface area contributed by atoms with Crippen LogP contribution in [0.25, 0.3) is 0 Å². The molecule has 0 bridgehead atoms. The van der Waals surface area contributed by atoms with Gasteiger partial charge >= 0.3 is 5.97 Å². The van der Waals surface area contributed by atoms with Crippen LogP contribution in [0, 0.1) is 0 Å². The number of rotatable bonds is 4. The predicted molar refractivity (Wildman–Crippen MR) is 93.9 cm³/mol. The molecular weight excluding hydrogens is 344 g/mol. The van der Waals surface area contributed by atoms with Gasteiger partial charge < -0.3 is 14.9 Å². The number of hydrogen-bond acceptors (Lipinski definition) is 5. The van der Waals surface area contributed by atoms with Crippen molar-refractivity contribution in [3.63, 3.8) is 0 Å². The minimum Gasteiger partial charge on any atom is -0.465 e. The van der Waals surface area contributed by atoms with E-state index in [0.29, 0.717) is 17.8 Å². The third-order valence-electron chi connectivity index (χ3n) is 3.71. The standard InChI is InChI=1S/C18H15ClN2O4/c1-24-18(23)13-9-12(7-8-14(13)19)20-17(22)16-10-15(21-25-16)11-5-3-2-4-6-11/h2-9,16H,10H2,1H3,(H,20,22). The Hall–Kier alpha value is -2.86. The van der Waals surface area contributed by atoms with Crippen LogP contribution in [0.5, 0.6) is 0 Å². The van der Waals surface area contributed by atoms with Gasteiger partial charge in [0.05, 0.1) is 23.4 Å². The molecule has 0 fully saturated rings. The Labute approximate surface area is 149 Å². The molecule has 0 saturated heterocycles. The van der Waals surface area contributed by atoms with E-state index in [0.717, 1.165) is 5.56 Å². The molecule has 0 aromatic heterocycles. The maximum absolute atomic E-state index is 12.4. The number of hydrogen-bond donors (Lipinski definition) is 1. The number of amides is 1. The SMILES string of the molecule is COC(=O)c1cc(NC(=O)C2CC(c3ccccc3)=NO2)ccc1Cl. The van der Waals surface area contributed by atoms with E-state index in [2.05, 4.69) is 15.2 Å². The van der Waals surface area contributed by atoms with Crippen LogP contribution in [0.1, 0.15) is 22.3 Å². The van der Waals surface area contributed by atoms with Crippen molar-refractivity contribution in [2.24, 2.45) is 5.16 Å². The lowest BCUT2D eigenvalue weighted by Gasteiger charge is -2.11. The van der Waals surface area contributed by atoms with Crippen LogP contribution < -0.4 is 5.32 Å². The second-order valence-corrected chi connectivity index (χ2v) is 5.78. The van der Waals surface area contributed by atoms with Crippen LogP contribution >= 0.6 is 11.6 Å². The quantitative estimate of drug-likeness (QED) is 0.851. The van der Waals surface area contributed by atoms with E-state index in [1.807, 2.05) is 30.3 Å². The number of oxime groups is 1. The maximum Gasteiger partial charge on any atom is 0.339 e. The molecule has 1 atom stereocenters. The fourth-order valence-electron chi connectivity index (χ4n) is 2.41. The van der Waals surface area contributed by atoms with Crippen LogP contribution in [0.4, 0.5) is 5.69 Å². The molecule has 3 rings (SSSR count). The van der Waals surface area contributed by atoms with Crippen molar-refractivity contribution in [2.75, 3.05) is 12.4 Å². The molecule has 25 heavy (non-hydrogen) atoms. The molecule has 1 unspecified atom stereocenters.